The number of rotatable bonds is 5. The van der Waals surface area contributed by atoms with Gasteiger partial charge in [0.25, 0.3) is 5.91 Å². The minimum Gasteiger partial charge on any atom is -0.381 e. The molecule has 1 aliphatic carbocycles. The van der Waals surface area contributed by atoms with E-state index in [2.05, 4.69) is 20.8 Å². The van der Waals surface area contributed by atoms with Gasteiger partial charge < -0.3 is 22.1 Å². The van der Waals surface area contributed by atoms with Crippen LogP contribution in [0, 0.1) is 0 Å². The Labute approximate surface area is 134 Å². The number of primary amides is 1. The number of H-pyrrole nitrogens is 1. The van der Waals surface area contributed by atoms with Gasteiger partial charge in [0, 0.05) is 24.0 Å². The lowest BCUT2D eigenvalue weighted by Gasteiger charge is -2.30. The van der Waals surface area contributed by atoms with Gasteiger partial charge in [0.05, 0.1) is 23.1 Å². The van der Waals surface area contributed by atoms with Crippen LogP contribution in [0.3, 0.4) is 0 Å². The van der Waals surface area contributed by atoms with Crippen LogP contribution in [0.5, 0.6) is 0 Å². The fourth-order valence-electron chi connectivity index (χ4n) is 2.98. The largest absolute Gasteiger partial charge is 0.381 e. The van der Waals surface area contributed by atoms with Crippen LogP contribution < -0.4 is 22.1 Å². The molecule has 1 fully saturated rings. The molecule has 7 heteroatoms. The van der Waals surface area contributed by atoms with E-state index in [9.17, 15) is 4.79 Å². The fraction of sp³-hybridized carbons (Fsp3) is 0.375. The number of nitrogens with zero attached hydrogens (tertiary/aromatic N) is 1. The Morgan fingerprint density at radius 3 is 2.78 bits per heavy atom. The number of aromatic nitrogens is 2. The number of carbonyl (C=O) groups excluding carboxylic acids is 1. The van der Waals surface area contributed by atoms with Gasteiger partial charge in [0.2, 0.25) is 0 Å². The van der Waals surface area contributed by atoms with E-state index in [1.165, 1.54) is 12.8 Å². The molecule has 2 aromatic rings. The average Bonchev–Trinajstić information content (AvgIpc) is 3.02. The molecule has 23 heavy (non-hydrogen) atoms. The minimum absolute atomic E-state index is 0.157. The Balaban J connectivity index is 1.82. The zero-order valence-corrected chi connectivity index (χ0v) is 12.9. The topological polar surface area (TPSA) is 122 Å². The molecule has 1 aromatic carbocycles. The highest BCUT2D eigenvalue weighted by Gasteiger charge is 2.22. The number of anilines is 3. The lowest BCUT2D eigenvalue weighted by molar-refractivity contribution is 0.100. The summed E-state index contributed by atoms with van der Waals surface area (Å²) in [5, 5.41) is 13.2. The number of aromatic amines is 1. The maximum atomic E-state index is 11.6. The van der Waals surface area contributed by atoms with Crippen molar-refractivity contribution in [2.45, 2.75) is 37.8 Å². The maximum absolute atomic E-state index is 11.6. The summed E-state index contributed by atoms with van der Waals surface area (Å²) in [6, 6.07) is 5.88. The number of hydrogen-bond donors (Lipinski definition) is 5. The predicted octanol–water partition coefficient (Wildman–Crippen LogP) is 1.93. The van der Waals surface area contributed by atoms with E-state index in [4.69, 9.17) is 11.5 Å². The van der Waals surface area contributed by atoms with Crippen molar-refractivity contribution in [2.24, 2.45) is 11.5 Å². The summed E-state index contributed by atoms with van der Waals surface area (Å²) >= 11 is 0. The number of amides is 1. The summed E-state index contributed by atoms with van der Waals surface area (Å²) in [6.07, 6.45) is 7.82. The Hall–Kier alpha value is -2.54. The Kier molecular flexibility index (Phi) is 4.47. The van der Waals surface area contributed by atoms with Crippen LogP contribution in [0.1, 0.15) is 36.0 Å². The molecule has 0 radical (unpaired) electrons. The molecule has 1 amide bonds. The minimum atomic E-state index is -0.475. The molecule has 1 heterocycles. The second kappa shape index (κ2) is 6.70. The number of nitrogens with two attached hydrogens (primary N) is 2. The normalized spacial score (nSPS) is 20.9. The predicted molar refractivity (Wildman–Crippen MR) is 90.7 cm³/mol. The van der Waals surface area contributed by atoms with Gasteiger partial charge >= 0.3 is 0 Å². The van der Waals surface area contributed by atoms with E-state index in [1.54, 1.807) is 18.5 Å². The average molecular weight is 314 g/mol. The zero-order chi connectivity index (χ0) is 16.2. The van der Waals surface area contributed by atoms with Crippen LogP contribution in [0.2, 0.25) is 0 Å². The molecule has 0 bridgehead atoms. The molecule has 7 nitrogen and oxygen atoms in total. The third-order valence-corrected chi connectivity index (χ3v) is 4.23. The molecule has 0 saturated heterocycles. The molecule has 1 saturated carbocycles. The number of nitrogens with one attached hydrogen (secondary N) is 3. The van der Waals surface area contributed by atoms with E-state index in [-0.39, 0.29) is 12.1 Å². The molecule has 2 atom stereocenters. The van der Waals surface area contributed by atoms with Crippen LogP contribution in [-0.2, 0) is 0 Å². The number of hydrogen-bond acceptors (Lipinski definition) is 5. The first-order chi connectivity index (χ1) is 11.1. The van der Waals surface area contributed by atoms with Gasteiger partial charge in [-0.25, -0.2) is 0 Å². The second-order valence-electron chi connectivity index (χ2n) is 5.94. The number of benzene rings is 1. The van der Waals surface area contributed by atoms with E-state index in [0.717, 1.165) is 24.2 Å². The van der Waals surface area contributed by atoms with Crippen molar-refractivity contribution in [3.05, 3.63) is 36.2 Å². The van der Waals surface area contributed by atoms with E-state index in [1.807, 2.05) is 12.1 Å². The smallest absolute Gasteiger partial charge is 0.250 e. The van der Waals surface area contributed by atoms with Crippen LogP contribution in [0.4, 0.5) is 17.1 Å². The van der Waals surface area contributed by atoms with Crippen LogP contribution in [0.15, 0.2) is 30.6 Å². The van der Waals surface area contributed by atoms with Gasteiger partial charge in [0.1, 0.15) is 0 Å². The summed E-state index contributed by atoms with van der Waals surface area (Å²) < 4.78 is 0. The van der Waals surface area contributed by atoms with Crippen LogP contribution >= 0.6 is 0 Å². The highest BCUT2D eigenvalue weighted by molar-refractivity contribution is 5.99. The van der Waals surface area contributed by atoms with E-state index >= 15 is 0 Å². The van der Waals surface area contributed by atoms with E-state index in [0.29, 0.717) is 11.3 Å². The highest BCUT2D eigenvalue weighted by Crippen LogP contribution is 2.27. The second-order valence-corrected chi connectivity index (χ2v) is 5.94. The van der Waals surface area contributed by atoms with Gasteiger partial charge in [-0.05, 0) is 31.0 Å². The standard InChI is InChI=1S/C16H22N6O/c17-13-3-1-2-4-14(13)21-10-5-6-12(16(18)23)15(7-10)22-11-8-19-20-9-11/h5-9,13-14,21-22H,1-4,17H2,(H2,18,23)(H,19,20)/t13-,14+/m0/s1. The fourth-order valence-corrected chi connectivity index (χ4v) is 2.98. The van der Waals surface area contributed by atoms with Gasteiger partial charge in [-0.15, -0.1) is 0 Å². The van der Waals surface area contributed by atoms with Crippen molar-refractivity contribution in [1.82, 2.24) is 10.2 Å². The zero-order valence-electron chi connectivity index (χ0n) is 12.9. The molecular formula is C16H22N6O. The first-order valence-corrected chi connectivity index (χ1v) is 7.85. The van der Waals surface area contributed by atoms with Gasteiger partial charge in [-0.1, -0.05) is 12.8 Å². The molecule has 3 rings (SSSR count). The summed E-state index contributed by atoms with van der Waals surface area (Å²) in [6.45, 7) is 0. The molecule has 122 valence electrons. The van der Waals surface area contributed by atoms with Crippen molar-refractivity contribution < 1.29 is 4.79 Å². The summed E-state index contributed by atoms with van der Waals surface area (Å²) in [5.74, 6) is -0.475. The first-order valence-electron chi connectivity index (χ1n) is 7.85. The molecular weight excluding hydrogens is 292 g/mol. The third-order valence-electron chi connectivity index (χ3n) is 4.23. The first kappa shape index (κ1) is 15.4. The summed E-state index contributed by atoms with van der Waals surface area (Å²) in [7, 11) is 0. The van der Waals surface area contributed by atoms with Gasteiger partial charge in [-0.3, -0.25) is 9.89 Å². The molecule has 0 spiro atoms. The SMILES string of the molecule is NC(=O)c1ccc(N[C@@H]2CCCC[C@@H]2N)cc1Nc1cn[nH]c1. The van der Waals surface area contributed by atoms with Crippen LogP contribution in [0.25, 0.3) is 0 Å². The van der Waals surface area contributed by atoms with Crippen molar-refractivity contribution in [3.63, 3.8) is 0 Å². The highest BCUT2D eigenvalue weighted by atomic mass is 16.1. The van der Waals surface area contributed by atoms with Crippen molar-refractivity contribution >= 4 is 23.0 Å². The lowest BCUT2D eigenvalue weighted by atomic mass is 9.91. The molecule has 7 N–H and O–H groups in total. The number of carbonyl (C=O) groups is 1. The van der Waals surface area contributed by atoms with Gasteiger partial charge in [-0.2, -0.15) is 5.10 Å². The van der Waals surface area contributed by atoms with E-state index < -0.39 is 5.91 Å². The molecule has 1 aromatic heterocycles. The quantitative estimate of drug-likeness (QED) is 0.577. The molecule has 1 aliphatic rings. The monoisotopic (exact) mass is 314 g/mol. The maximum Gasteiger partial charge on any atom is 0.250 e. The Bertz CT molecular complexity index is 669. The third kappa shape index (κ3) is 3.62. The Morgan fingerprint density at radius 2 is 2.09 bits per heavy atom. The lowest BCUT2D eigenvalue weighted by Crippen LogP contribution is -2.42. The van der Waals surface area contributed by atoms with Crippen molar-refractivity contribution in [1.29, 1.82) is 0 Å². The Morgan fingerprint density at radius 1 is 1.26 bits per heavy atom. The van der Waals surface area contributed by atoms with Crippen molar-refractivity contribution in [2.75, 3.05) is 10.6 Å². The van der Waals surface area contributed by atoms with Gasteiger partial charge in [0.15, 0.2) is 0 Å². The molecule has 0 unspecified atom stereocenters. The molecule has 0 aliphatic heterocycles. The van der Waals surface area contributed by atoms with Crippen LogP contribution in [-0.4, -0.2) is 28.2 Å². The summed E-state index contributed by atoms with van der Waals surface area (Å²) in [5.41, 5.74) is 14.4. The van der Waals surface area contributed by atoms with Crippen molar-refractivity contribution in [3.8, 4) is 0 Å². The summed E-state index contributed by atoms with van der Waals surface area (Å²) in [4.78, 5) is 11.6.